The van der Waals surface area contributed by atoms with Gasteiger partial charge in [-0.05, 0) is 13.3 Å². The summed E-state index contributed by atoms with van der Waals surface area (Å²) in [7, 11) is 1.36. The van der Waals surface area contributed by atoms with Gasteiger partial charge in [-0.15, -0.1) is 0 Å². The fraction of sp³-hybridized carbons (Fsp3) is 0.583. The summed E-state index contributed by atoms with van der Waals surface area (Å²) in [5, 5.41) is 6.18. The minimum Gasteiger partial charge on any atom is -0.468 e. The summed E-state index contributed by atoms with van der Waals surface area (Å²) in [5.74, 6) is 1.19. The predicted molar refractivity (Wildman–Crippen MR) is 70.7 cm³/mol. The first-order valence-corrected chi connectivity index (χ1v) is 6.11. The lowest BCUT2D eigenvalue weighted by atomic mass is 10.1. The minimum atomic E-state index is -0.318. The molecule has 0 radical (unpaired) electrons. The van der Waals surface area contributed by atoms with Gasteiger partial charge < -0.3 is 15.4 Å². The van der Waals surface area contributed by atoms with E-state index < -0.39 is 0 Å². The Morgan fingerprint density at radius 1 is 1.28 bits per heavy atom. The first kappa shape index (κ1) is 14.2. The number of hydrogen-bond donors (Lipinski definition) is 2. The van der Waals surface area contributed by atoms with Crippen molar-refractivity contribution in [3.05, 3.63) is 11.9 Å². The third kappa shape index (κ3) is 3.87. The van der Waals surface area contributed by atoms with Gasteiger partial charge in [0, 0.05) is 12.1 Å². The third-order valence-corrected chi connectivity index (χ3v) is 2.42. The van der Waals surface area contributed by atoms with Crippen LogP contribution in [-0.4, -0.2) is 36.1 Å². The number of anilines is 2. The molecule has 2 N–H and O–H groups in total. The number of carbonyl (C=O) groups excluding carboxylic acids is 1. The van der Waals surface area contributed by atoms with E-state index in [2.05, 4.69) is 32.3 Å². The topological polar surface area (TPSA) is 76.1 Å². The fourth-order valence-electron chi connectivity index (χ4n) is 1.60. The molecular formula is C12H20N4O2. The molecule has 18 heavy (non-hydrogen) atoms. The largest absolute Gasteiger partial charge is 0.468 e. The highest BCUT2D eigenvalue weighted by Crippen LogP contribution is 2.21. The average molecular weight is 252 g/mol. The summed E-state index contributed by atoms with van der Waals surface area (Å²) in [4.78, 5) is 19.5. The van der Waals surface area contributed by atoms with E-state index in [1.165, 1.54) is 13.4 Å². The molecule has 0 spiro atoms. The van der Waals surface area contributed by atoms with Crippen molar-refractivity contribution >= 4 is 17.6 Å². The highest BCUT2D eigenvalue weighted by Gasteiger charge is 2.11. The lowest BCUT2D eigenvalue weighted by molar-refractivity contribution is -0.138. The number of ether oxygens (including phenoxy) is 1. The SMILES string of the molecule is CCCc1c(NCC)ncnc1NCC(=O)OC. The number of hydrogen-bond acceptors (Lipinski definition) is 6. The molecule has 0 saturated carbocycles. The molecule has 0 bridgehead atoms. The molecular weight excluding hydrogens is 232 g/mol. The van der Waals surface area contributed by atoms with Gasteiger partial charge in [-0.1, -0.05) is 13.3 Å². The number of nitrogens with one attached hydrogen (secondary N) is 2. The van der Waals surface area contributed by atoms with Crippen LogP contribution in [-0.2, 0) is 16.0 Å². The van der Waals surface area contributed by atoms with E-state index in [0.717, 1.165) is 30.8 Å². The molecule has 6 heteroatoms. The average Bonchev–Trinajstić information content (AvgIpc) is 2.39. The van der Waals surface area contributed by atoms with Gasteiger partial charge in [-0.3, -0.25) is 4.79 Å². The van der Waals surface area contributed by atoms with E-state index in [0.29, 0.717) is 5.82 Å². The highest BCUT2D eigenvalue weighted by molar-refractivity contribution is 5.75. The number of rotatable bonds is 7. The molecule has 0 saturated heterocycles. The first-order chi connectivity index (χ1) is 8.72. The van der Waals surface area contributed by atoms with E-state index in [1.807, 2.05) is 6.92 Å². The molecule has 1 aromatic heterocycles. The predicted octanol–water partition coefficient (Wildman–Crippen LogP) is 1.45. The summed E-state index contributed by atoms with van der Waals surface area (Å²) in [6, 6.07) is 0. The first-order valence-electron chi connectivity index (χ1n) is 6.11. The second-order valence-corrected chi connectivity index (χ2v) is 3.76. The van der Waals surface area contributed by atoms with E-state index in [1.54, 1.807) is 0 Å². The molecule has 0 aromatic carbocycles. The quantitative estimate of drug-likeness (QED) is 0.715. The van der Waals surface area contributed by atoms with Gasteiger partial charge in [0.1, 0.15) is 24.5 Å². The minimum absolute atomic E-state index is 0.107. The molecule has 0 aliphatic carbocycles. The molecule has 0 atom stereocenters. The van der Waals surface area contributed by atoms with Crippen molar-refractivity contribution in [1.82, 2.24) is 9.97 Å². The van der Waals surface area contributed by atoms with Gasteiger partial charge in [0.25, 0.3) is 0 Å². The number of carbonyl (C=O) groups is 1. The Balaban J connectivity index is 2.87. The van der Waals surface area contributed by atoms with Crippen molar-refractivity contribution in [2.75, 3.05) is 30.8 Å². The second-order valence-electron chi connectivity index (χ2n) is 3.76. The summed E-state index contributed by atoms with van der Waals surface area (Å²) in [6.45, 7) is 5.01. The van der Waals surface area contributed by atoms with Gasteiger partial charge >= 0.3 is 5.97 Å². The van der Waals surface area contributed by atoms with E-state index in [-0.39, 0.29) is 12.5 Å². The summed E-state index contributed by atoms with van der Waals surface area (Å²) in [5.41, 5.74) is 1.01. The van der Waals surface area contributed by atoms with Crippen LogP contribution in [0.3, 0.4) is 0 Å². The molecule has 0 fully saturated rings. The highest BCUT2D eigenvalue weighted by atomic mass is 16.5. The Morgan fingerprint density at radius 3 is 2.50 bits per heavy atom. The molecule has 0 unspecified atom stereocenters. The van der Waals surface area contributed by atoms with Crippen LogP contribution in [0.4, 0.5) is 11.6 Å². The van der Waals surface area contributed by atoms with E-state index >= 15 is 0 Å². The van der Waals surface area contributed by atoms with Crippen LogP contribution in [0.2, 0.25) is 0 Å². The normalized spacial score (nSPS) is 9.94. The van der Waals surface area contributed by atoms with Crippen LogP contribution in [0.1, 0.15) is 25.8 Å². The smallest absolute Gasteiger partial charge is 0.325 e. The van der Waals surface area contributed by atoms with Crippen LogP contribution in [0, 0.1) is 0 Å². The molecule has 0 aliphatic rings. The monoisotopic (exact) mass is 252 g/mol. The van der Waals surface area contributed by atoms with Crippen molar-refractivity contribution < 1.29 is 9.53 Å². The third-order valence-electron chi connectivity index (χ3n) is 2.42. The zero-order valence-corrected chi connectivity index (χ0v) is 11.1. The van der Waals surface area contributed by atoms with Gasteiger partial charge in [-0.2, -0.15) is 0 Å². The molecule has 1 rings (SSSR count). The maximum absolute atomic E-state index is 11.1. The number of esters is 1. The molecule has 6 nitrogen and oxygen atoms in total. The lowest BCUT2D eigenvalue weighted by Crippen LogP contribution is -2.18. The lowest BCUT2D eigenvalue weighted by Gasteiger charge is -2.13. The second kappa shape index (κ2) is 7.47. The van der Waals surface area contributed by atoms with Gasteiger partial charge in [-0.25, -0.2) is 9.97 Å². The van der Waals surface area contributed by atoms with E-state index in [9.17, 15) is 4.79 Å². The van der Waals surface area contributed by atoms with Gasteiger partial charge in [0.05, 0.1) is 7.11 Å². The summed E-state index contributed by atoms with van der Waals surface area (Å²) < 4.78 is 4.59. The molecule has 1 aromatic rings. The van der Waals surface area contributed by atoms with Crippen molar-refractivity contribution in [2.24, 2.45) is 0 Å². The zero-order chi connectivity index (χ0) is 13.4. The Kier molecular flexibility index (Phi) is 5.90. The van der Waals surface area contributed by atoms with Crippen LogP contribution in [0.25, 0.3) is 0 Å². The van der Waals surface area contributed by atoms with Gasteiger partial charge in [0.15, 0.2) is 0 Å². The Labute approximate surface area is 107 Å². The molecule has 100 valence electrons. The van der Waals surface area contributed by atoms with Crippen molar-refractivity contribution in [2.45, 2.75) is 26.7 Å². The summed E-state index contributed by atoms with van der Waals surface area (Å²) >= 11 is 0. The Hall–Kier alpha value is -1.85. The zero-order valence-electron chi connectivity index (χ0n) is 11.1. The molecule has 0 aliphatic heterocycles. The van der Waals surface area contributed by atoms with Crippen LogP contribution in [0.5, 0.6) is 0 Å². The van der Waals surface area contributed by atoms with Crippen molar-refractivity contribution in [1.29, 1.82) is 0 Å². The Morgan fingerprint density at radius 2 is 1.94 bits per heavy atom. The number of nitrogens with zero attached hydrogens (tertiary/aromatic N) is 2. The maximum Gasteiger partial charge on any atom is 0.325 e. The Bertz CT molecular complexity index is 396. The molecule has 0 amide bonds. The van der Waals surface area contributed by atoms with Crippen LogP contribution in [0.15, 0.2) is 6.33 Å². The number of aromatic nitrogens is 2. The van der Waals surface area contributed by atoms with Crippen LogP contribution >= 0.6 is 0 Å². The van der Waals surface area contributed by atoms with Crippen molar-refractivity contribution in [3.63, 3.8) is 0 Å². The fourth-order valence-corrected chi connectivity index (χ4v) is 1.60. The number of methoxy groups -OCH3 is 1. The van der Waals surface area contributed by atoms with Gasteiger partial charge in [0.2, 0.25) is 0 Å². The maximum atomic E-state index is 11.1. The van der Waals surface area contributed by atoms with Crippen molar-refractivity contribution in [3.8, 4) is 0 Å². The molecule has 1 heterocycles. The van der Waals surface area contributed by atoms with E-state index in [4.69, 9.17) is 0 Å². The van der Waals surface area contributed by atoms with Crippen LogP contribution < -0.4 is 10.6 Å². The summed E-state index contributed by atoms with van der Waals surface area (Å²) in [6.07, 6.45) is 3.32. The standard InChI is InChI=1S/C12H20N4O2/c1-4-6-9-11(13-5-2)15-8-16-12(9)14-7-10(17)18-3/h8H,4-7H2,1-3H3,(H2,13,14,15,16).